The fourth-order valence-corrected chi connectivity index (χ4v) is 4.01. The van der Waals surface area contributed by atoms with Crippen molar-refractivity contribution in [2.24, 2.45) is 0 Å². The normalized spacial score (nSPS) is 15.8. The molecule has 0 radical (unpaired) electrons. The van der Waals surface area contributed by atoms with Gasteiger partial charge < -0.3 is 9.64 Å². The maximum atomic E-state index is 5.27. The number of ether oxygens (including phenoxy) is 1. The molecule has 3 nitrogen and oxygen atoms in total. The summed E-state index contributed by atoms with van der Waals surface area (Å²) in [6, 6.07) is 10.7. The second kappa shape index (κ2) is 9.62. The summed E-state index contributed by atoms with van der Waals surface area (Å²) in [5.41, 5.74) is 5.00. The molecular weight excluding hydrogens is 356 g/mol. The number of hydrogen-bond donors (Lipinski definition) is 0. The zero-order valence-corrected chi connectivity index (χ0v) is 17.9. The third-order valence-electron chi connectivity index (χ3n) is 5.68. The highest BCUT2D eigenvalue weighted by molar-refractivity contribution is 5.57. The van der Waals surface area contributed by atoms with Crippen LogP contribution >= 0.6 is 0 Å². The molecule has 0 atom stereocenters. The lowest BCUT2D eigenvalue weighted by Gasteiger charge is -2.36. The van der Waals surface area contributed by atoms with E-state index in [4.69, 9.17) is 4.74 Å². The van der Waals surface area contributed by atoms with Crippen molar-refractivity contribution in [2.45, 2.75) is 20.4 Å². The molecule has 0 aromatic heterocycles. The van der Waals surface area contributed by atoms with Crippen LogP contribution in [0.3, 0.4) is 0 Å². The monoisotopic (exact) mass is 388 g/mol. The predicted octanol–water partition coefficient (Wildman–Crippen LogP) is 3.74. The zero-order chi connectivity index (χ0) is 20.8. The summed E-state index contributed by atoms with van der Waals surface area (Å²) in [6.45, 7) is 17.6. The van der Waals surface area contributed by atoms with Gasteiger partial charge in [-0.3, -0.25) is 4.90 Å². The molecule has 0 amide bonds. The van der Waals surface area contributed by atoms with Crippen LogP contribution in [0, 0.1) is 6.92 Å². The second-order valence-electron chi connectivity index (χ2n) is 7.52. The van der Waals surface area contributed by atoms with Crippen molar-refractivity contribution in [3.8, 4) is 5.75 Å². The molecule has 0 saturated carbocycles. The Morgan fingerprint density at radius 3 is 2.38 bits per heavy atom. The quantitative estimate of drug-likeness (QED) is 0.750. The molecule has 0 aliphatic carbocycles. The highest BCUT2D eigenvalue weighted by Gasteiger charge is 2.18. The summed E-state index contributed by atoms with van der Waals surface area (Å²) in [4.78, 5) is 4.98. The minimum Gasteiger partial charge on any atom is -0.497 e. The third kappa shape index (κ3) is 4.80. The largest absolute Gasteiger partial charge is 0.497 e. The van der Waals surface area contributed by atoms with E-state index >= 15 is 0 Å². The van der Waals surface area contributed by atoms with Crippen LogP contribution in [0.2, 0.25) is 0 Å². The Morgan fingerprint density at radius 1 is 1.10 bits per heavy atom. The Kier molecular flexibility index (Phi) is 6.95. The fraction of sp³-hybridized carbons (Fsp3) is 0.308. The van der Waals surface area contributed by atoms with E-state index in [0.29, 0.717) is 0 Å². The van der Waals surface area contributed by atoms with Gasteiger partial charge in [0.25, 0.3) is 0 Å². The van der Waals surface area contributed by atoms with E-state index in [1.165, 1.54) is 22.0 Å². The highest BCUT2D eigenvalue weighted by Crippen LogP contribution is 2.21. The van der Waals surface area contributed by atoms with Crippen molar-refractivity contribution >= 4 is 24.4 Å². The van der Waals surface area contributed by atoms with E-state index in [-0.39, 0.29) is 0 Å². The predicted molar refractivity (Wildman–Crippen MR) is 126 cm³/mol. The minimum atomic E-state index is 0.902. The number of methoxy groups -OCH3 is 1. The van der Waals surface area contributed by atoms with Crippen LogP contribution in [-0.4, -0.2) is 38.2 Å². The van der Waals surface area contributed by atoms with E-state index in [9.17, 15) is 0 Å². The molecular formula is C26H32N2O. The van der Waals surface area contributed by atoms with Crippen molar-refractivity contribution < 1.29 is 4.74 Å². The first-order chi connectivity index (χ1) is 14.1. The standard InChI is InChI=1S/C26H32N2O/c1-6-8-9-26-21(4)25(7-2)20(3)18-22(26)19-27-14-16-28(17-15-27)23-10-12-24(29-5)13-11-23/h6-13,18H,2,4,14-17,19H2,1,3,5H3/b8-6-,26-9+. The smallest absolute Gasteiger partial charge is 0.119 e. The molecule has 1 heterocycles. The van der Waals surface area contributed by atoms with Crippen LogP contribution in [0.15, 0.2) is 49.1 Å². The molecule has 0 bridgehead atoms. The molecule has 3 rings (SSSR count). The van der Waals surface area contributed by atoms with Crippen LogP contribution < -0.4 is 20.1 Å². The maximum Gasteiger partial charge on any atom is 0.119 e. The number of aryl methyl sites for hydroxylation is 1. The van der Waals surface area contributed by atoms with E-state index in [2.05, 4.69) is 66.3 Å². The molecule has 29 heavy (non-hydrogen) atoms. The number of anilines is 1. The lowest BCUT2D eigenvalue weighted by atomic mass is 9.98. The fourth-order valence-electron chi connectivity index (χ4n) is 4.01. The topological polar surface area (TPSA) is 15.7 Å². The lowest BCUT2D eigenvalue weighted by Crippen LogP contribution is -2.47. The third-order valence-corrected chi connectivity index (χ3v) is 5.68. The molecule has 2 aromatic rings. The lowest BCUT2D eigenvalue weighted by molar-refractivity contribution is 0.249. The van der Waals surface area contributed by atoms with Gasteiger partial charge in [0.1, 0.15) is 5.75 Å². The van der Waals surface area contributed by atoms with Crippen LogP contribution in [0.25, 0.3) is 18.7 Å². The maximum absolute atomic E-state index is 5.27. The SMILES string of the molecule is C=Cc1c(C)cc(CN2CCN(c3ccc(OC)cc3)CC2)/c(=C/C=C\C)c1=C. The number of benzene rings is 2. The Balaban J connectivity index is 1.76. The summed E-state index contributed by atoms with van der Waals surface area (Å²) in [6.07, 6.45) is 8.25. The van der Waals surface area contributed by atoms with Crippen LogP contribution in [0.4, 0.5) is 5.69 Å². The molecule has 3 heteroatoms. The van der Waals surface area contributed by atoms with Gasteiger partial charge in [-0.05, 0) is 65.2 Å². The second-order valence-corrected chi connectivity index (χ2v) is 7.52. The van der Waals surface area contributed by atoms with Crippen LogP contribution in [0.1, 0.15) is 23.6 Å². The molecule has 152 valence electrons. The molecule has 1 aliphatic heterocycles. The van der Waals surface area contributed by atoms with Crippen molar-refractivity contribution in [1.82, 2.24) is 4.90 Å². The van der Waals surface area contributed by atoms with Gasteiger partial charge in [-0.1, -0.05) is 43.5 Å². The van der Waals surface area contributed by atoms with Gasteiger partial charge in [0.2, 0.25) is 0 Å². The van der Waals surface area contributed by atoms with Gasteiger partial charge in [0.15, 0.2) is 0 Å². The average molecular weight is 389 g/mol. The molecule has 1 saturated heterocycles. The molecule has 0 unspecified atom stereocenters. The Hall–Kier alpha value is -2.78. The Morgan fingerprint density at radius 2 is 1.79 bits per heavy atom. The molecule has 1 aliphatic rings. The number of rotatable bonds is 6. The number of piperazine rings is 1. The highest BCUT2D eigenvalue weighted by atomic mass is 16.5. The van der Waals surface area contributed by atoms with Crippen LogP contribution in [-0.2, 0) is 6.54 Å². The summed E-state index contributed by atoms with van der Waals surface area (Å²) < 4.78 is 5.27. The van der Waals surface area contributed by atoms with Crippen molar-refractivity contribution in [1.29, 1.82) is 0 Å². The van der Waals surface area contributed by atoms with Gasteiger partial charge in [0.05, 0.1) is 7.11 Å². The van der Waals surface area contributed by atoms with E-state index in [0.717, 1.165) is 49.3 Å². The van der Waals surface area contributed by atoms with Crippen molar-refractivity contribution in [2.75, 3.05) is 38.2 Å². The first-order valence-electron chi connectivity index (χ1n) is 10.3. The minimum absolute atomic E-state index is 0.902. The Bertz CT molecular complexity index is 981. The number of allylic oxidation sites excluding steroid dienone is 2. The zero-order valence-electron chi connectivity index (χ0n) is 17.9. The van der Waals surface area contributed by atoms with Gasteiger partial charge in [-0.25, -0.2) is 0 Å². The summed E-state index contributed by atoms with van der Waals surface area (Å²) in [5, 5.41) is 2.30. The van der Waals surface area contributed by atoms with Gasteiger partial charge >= 0.3 is 0 Å². The molecule has 2 aromatic carbocycles. The van der Waals surface area contributed by atoms with E-state index < -0.39 is 0 Å². The van der Waals surface area contributed by atoms with Crippen molar-refractivity contribution in [3.05, 3.63) is 76.2 Å². The number of nitrogens with zero attached hydrogens (tertiary/aromatic N) is 2. The molecule has 0 spiro atoms. The Labute approximate surface area is 174 Å². The van der Waals surface area contributed by atoms with Gasteiger partial charge in [0, 0.05) is 38.4 Å². The molecule has 1 fully saturated rings. The van der Waals surface area contributed by atoms with Gasteiger partial charge in [-0.2, -0.15) is 0 Å². The average Bonchev–Trinajstić information content (AvgIpc) is 2.74. The summed E-state index contributed by atoms with van der Waals surface area (Å²) in [5.74, 6) is 0.902. The van der Waals surface area contributed by atoms with Crippen LogP contribution in [0.5, 0.6) is 5.75 Å². The van der Waals surface area contributed by atoms with E-state index in [1.807, 2.05) is 25.1 Å². The summed E-state index contributed by atoms with van der Waals surface area (Å²) in [7, 11) is 1.70. The van der Waals surface area contributed by atoms with E-state index in [1.54, 1.807) is 7.11 Å². The first-order valence-corrected chi connectivity index (χ1v) is 10.3. The molecule has 0 N–H and O–H groups in total. The van der Waals surface area contributed by atoms with Gasteiger partial charge in [-0.15, -0.1) is 0 Å². The number of hydrogen-bond acceptors (Lipinski definition) is 3. The summed E-state index contributed by atoms with van der Waals surface area (Å²) >= 11 is 0. The van der Waals surface area contributed by atoms with Crippen molar-refractivity contribution in [3.63, 3.8) is 0 Å². The first kappa shape index (κ1) is 20.9.